The number of ether oxygens (including phenoxy) is 1. The lowest BCUT2D eigenvalue weighted by Gasteiger charge is -2.04. The molecule has 0 spiro atoms. The quantitative estimate of drug-likeness (QED) is 0.584. The summed E-state index contributed by atoms with van der Waals surface area (Å²) in [6.45, 7) is 0.781. The van der Waals surface area contributed by atoms with Gasteiger partial charge in [-0.25, -0.2) is 0 Å². The Labute approximate surface area is 61.6 Å². The van der Waals surface area contributed by atoms with Crippen LogP contribution in [0.25, 0.3) is 0 Å². The molecule has 56 valence electrons. The van der Waals surface area contributed by atoms with Gasteiger partial charge in [0.1, 0.15) is 0 Å². The molecule has 0 bridgehead atoms. The van der Waals surface area contributed by atoms with E-state index < -0.39 is 0 Å². The van der Waals surface area contributed by atoms with Crippen molar-refractivity contribution < 1.29 is 4.74 Å². The standard InChI is InChI=1S/C8H13NO/c1-10-7-5-8-4-2-3-6-9-8/h4,6H,2-3,5,7H2,1H3. The van der Waals surface area contributed by atoms with Crippen LogP contribution < -0.4 is 0 Å². The Kier molecular flexibility index (Phi) is 3.16. The predicted molar refractivity (Wildman–Crippen MR) is 42.3 cm³/mol. The van der Waals surface area contributed by atoms with E-state index >= 15 is 0 Å². The van der Waals surface area contributed by atoms with E-state index in [1.807, 2.05) is 6.21 Å². The summed E-state index contributed by atoms with van der Waals surface area (Å²) in [5.74, 6) is 0. The maximum atomic E-state index is 4.93. The molecule has 10 heavy (non-hydrogen) atoms. The van der Waals surface area contributed by atoms with Gasteiger partial charge in [0.05, 0.1) is 6.61 Å². The van der Waals surface area contributed by atoms with Crippen molar-refractivity contribution in [2.45, 2.75) is 19.3 Å². The SMILES string of the molecule is COCCC1=CCCC=N1. The van der Waals surface area contributed by atoms with Gasteiger partial charge < -0.3 is 4.74 Å². The first-order chi connectivity index (χ1) is 4.93. The van der Waals surface area contributed by atoms with Crippen LogP contribution in [0.5, 0.6) is 0 Å². The molecule has 0 unspecified atom stereocenters. The van der Waals surface area contributed by atoms with Crippen molar-refractivity contribution in [3.8, 4) is 0 Å². The molecule has 1 aliphatic heterocycles. The Morgan fingerprint density at radius 1 is 1.60 bits per heavy atom. The van der Waals surface area contributed by atoms with E-state index in [0.717, 1.165) is 25.9 Å². The van der Waals surface area contributed by atoms with Crippen molar-refractivity contribution in [1.29, 1.82) is 0 Å². The van der Waals surface area contributed by atoms with Crippen LogP contribution in [0.4, 0.5) is 0 Å². The Morgan fingerprint density at radius 3 is 3.10 bits per heavy atom. The zero-order chi connectivity index (χ0) is 7.23. The molecule has 0 saturated carbocycles. The normalized spacial score (nSPS) is 17.1. The number of nitrogens with zero attached hydrogens (tertiary/aromatic N) is 1. The highest BCUT2D eigenvalue weighted by Crippen LogP contribution is 2.09. The van der Waals surface area contributed by atoms with Gasteiger partial charge in [0, 0.05) is 25.4 Å². The summed E-state index contributed by atoms with van der Waals surface area (Å²) in [4.78, 5) is 4.22. The highest BCUT2D eigenvalue weighted by atomic mass is 16.5. The van der Waals surface area contributed by atoms with Gasteiger partial charge in [-0.3, -0.25) is 4.99 Å². The smallest absolute Gasteiger partial charge is 0.0517 e. The molecule has 0 saturated heterocycles. The van der Waals surface area contributed by atoms with Gasteiger partial charge in [-0.05, 0) is 12.8 Å². The van der Waals surface area contributed by atoms with Crippen molar-refractivity contribution >= 4 is 6.21 Å². The van der Waals surface area contributed by atoms with Gasteiger partial charge in [-0.15, -0.1) is 0 Å². The molecule has 0 atom stereocenters. The number of hydrogen-bond donors (Lipinski definition) is 0. The lowest BCUT2D eigenvalue weighted by Crippen LogP contribution is -1.93. The van der Waals surface area contributed by atoms with Crippen molar-refractivity contribution in [3.05, 3.63) is 11.8 Å². The highest BCUT2D eigenvalue weighted by Gasteiger charge is 1.96. The van der Waals surface area contributed by atoms with Gasteiger partial charge >= 0.3 is 0 Å². The number of aliphatic imine (C=N–C) groups is 1. The van der Waals surface area contributed by atoms with E-state index in [-0.39, 0.29) is 0 Å². The van der Waals surface area contributed by atoms with Crippen LogP contribution in [-0.4, -0.2) is 19.9 Å². The molecule has 1 aliphatic rings. The first kappa shape index (κ1) is 7.48. The van der Waals surface area contributed by atoms with Crippen LogP contribution >= 0.6 is 0 Å². The van der Waals surface area contributed by atoms with E-state index in [9.17, 15) is 0 Å². The first-order valence-corrected chi connectivity index (χ1v) is 3.64. The molecule has 1 rings (SSSR count). The second-order valence-electron chi connectivity index (χ2n) is 2.33. The molecule has 0 fully saturated rings. The molecule has 0 radical (unpaired) electrons. The lowest BCUT2D eigenvalue weighted by atomic mass is 10.2. The minimum atomic E-state index is 0.781. The Hall–Kier alpha value is -0.630. The molecule has 0 aromatic rings. The van der Waals surface area contributed by atoms with Gasteiger partial charge in [-0.1, -0.05) is 6.08 Å². The van der Waals surface area contributed by atoms with Crippen molar-refractivity contribution in [1.82, 2.24) is 0 Å². The summed E-state index contributed by atoms with van der Waals surface area (Å²) < 4.78 is 4.93. The van der Waals surface area contributed by atoms with Gasteiger partial charge in [0.2, 0.25) is 0 Å². The Morgan fingerprint density at radius 2 is 2.50 bits per heavy atom. The molecule has 0 amide bonds. The number of methoxy groups -OCH3 is 1. The summed E-state index contributed by atoms with van der Waals surface area (Å²) in [6, 6.07) is 0. The van der Waals surface area contributed by atoms with Gasteiger partial charge in [-0.2, -0.15) is 0 Å². The van der Waals surface area contributed by atoms with Crippen LogP contribution in [0.1, 0.15) is 19.3 Å². The van der Waals surface area contributed by atoms with E-state index in [0.29, 0.717) is 0 Å². The average molecular weight is 139 g/mol. The molecule has 0 aromatic heterocycles. The molecule has 2 nitrogen and oxygen atoms in total. The highest BCUT2D eigenvalue weighted by molar-refractivity contribution is 5.60. The van der Waals surface area contributed by atoms with Crippen LogP contribution in [0, 0.1) is 0 Å². The Balaban J connectivity index is 2.26. The fraction of sp³-hybridized carbons (Fsp3) is 0.625. The molecule has 0 N–H and O–H groups in total. The van der Waals surface area contributed by atoms with Crippen molar-refractivity contribution in [3.63, 3.8) is 0 Å². The third-order valence-electron chi connectivity index (χ3n) is 1.50. The molecule has 1 heterocycles. The second kappa shape index (κ2) is 4.23. The number of rotatable bonds is 3. The minimum absolute atomic E-state index is 0.781. The Bertz CT molecular complexity index is 149. The monoisotopic (exact) mass is 139 g/mol. The lowest BCUT2D eigenvalue weighted by molar-refractivity contribution is 0.202. The maximum absolute atomic E-state index is 4.93. The van der Waals surface area contributed by atoms with E-state index in [2.05, 4.69) is 11.1 Å². The van der Waals surface area contributed by atoms with Gasteiger partial charge in [0.15, 0.2) is 0 Å². The van der Waals surface area contributed by atoms with Gasteiger partial charge in [0.25, 0.3) is 0 Å². The summed E-state index contributed by atoms with van der Waals surface area (Å²) in [5, 5.41) is 0. The first-order valence-electron chi connectivity index (χ1n) is 3.64. The summed E-state index contributed by atoms with van der Waals surface area (Å²) in [6.07, 6.45) is 7.34. The van der Waals surface area contributed by atoms with Crippen LogP contribution in [-0.2, 0) is 4.74 Å². The number of hydrogen-bond acceptors (Lipinski definition) is 2. The molecule has 2 heteroatoms. The largest absolute Gasteiger partial charge is 0.384 e. The van der Waals surface area contributed by atoms with Crippen LogP contribution in [0.2, 0.25) is 0 Å². The van der Waals surface area contributed by atoms with E-state index in [1.54, 1.807) is 7.11 Å². The summed E-state index contributed by atoms with van der Waals surface area (Å²) >= 11 is 0. The van der Waals surface area contributed by atoms with Crippen LogP contribution in [0.15, 0.2) is 16.8 Å². The number of allylic oxidation sites excluding steroid dienone is 1. The zero-order valence-electron chi connectivity index (χ0n) is 6.34. The molecule has 0 aromatic carbocycles. The fourth-order valence-electron chi connectivity index (χ4n) is 0.932. The van der Waals surface area contributed by atoms with E-state index in [1.165, 1.54) is 5.70 Å². The second-order valence-corrected chi connectivity index (χ2v) is 2.33. The maximum Gasteiger partial charge on any atom is 0.0517 e. The molecular formula is C8H13NO. The van der Waals surface area contributed by atoms with Crippen LogP contribution in [0.3, 0.4) is 0 Å². The minimum Gasteiger partial charge on any atom is -0.384 e. The fourth-order valence-corrected chi connectivity index (χ4v) is 0.932. The predicted octanol–water partition coefficient (Wildman–Crippen LogP) is 1.77. The van der Waals surface area contributed by atoms with Crippen molar-refractivity contribution in [2.24, 2.45) is 4.99 Å². The summed E-state index contributed by atoms with van der Waals surface area (Å²) in [5.41, 5.74) is 1.17. The van der Waals surface area contributed by atoms with Crippen molar-refractivity contribution in [2.75, 3.05) is 13.7 Å². The summed E-state index contributed by atoms with van der Waals surface area (Å²) in [7, 11) is 1.72. The van der Waals surface area contributed by atoms with E-state index in [4.69, 9.17) is 4.74 Å². The molecule has 0 aliphatic carbocycles. The third kappa shape index (κ3) is 2.31. The topological polar surface area (TPSA) is 21.6 Å². The average Bonchev–Trinajstić information content (AvgIpc) is 2.03. The molecular weight excluding hydrogens is 126 g/mol. The zero-order valence-corrected chi connectivity index (χ0v) is 6.34. The third-order valence-corrected chi connectivity index (χ3v) is 1.50.